The van der Waals surface area contributed by atoms with Crippen LogP contribution >= 0.6 is 11.3 Å². The molecule has 6 nitrogen and oxygen atoms in total. The standard InChI is InChI=1S/C19H16N4O2S/c1-12-21-15-9-14(7-8-17(15)26-12)22-18(24)16-10-20-19(25)23(16)11-13-5-3-2-4-6-13/h2-10H,11H2,1H3,(H,20,25)(H,22,24). The van der Waals surface area contributed by atoms with Crippen LogP contribution in [0.15, 0.2) is 59.5 Å². The van der Waals surface area contributed by atoms with Crippen molar-refractivity contribution in [1.82, 2.24) is 14.5 Å². The van der Waals surface area contributed by atoms with Gasteiger partial charge in [0.1, 0.15) is 5.69 Å². The van der Waals surface area contributed by atoms with Crippen LogP contribution in [0.5, 0.6) is 0 Å². The van der Waals surface area contributed by atoms with Gasteiger partial charge < -0.3 is 10.3 Å². The predicted octanol–water partition coefficient (Wildman–Crippen LogP) is 3.40. The molecule has 0 aliphatic carbocycles. The van der Waals surface area contributed by atoms with Crippen LogP contribution in [0, 0.1) is 6.92 Å². The monoisotopic (exact) mass is 364 g/mol. The normalized spacial score (nSPS) is 11.0. The lowest BCUT2D eigenvalue weighted by Gasteiger charge is -2.08. The van der Waals surface area contributed by atoms with Crippen molar-refractivity contribution >= 4 is 33.1 Å². The van der Waals surface area contributed by atoms with Gasteiger partial charge in [0.2, 0.25) is 0 Å². The zero-order valence-corrected chi connectivity index (χ0v) is 14.8. The molecule has 0 saturated heterocycles. The van der Waals surface area contributed by atoms with Gasteiger partial charge in [-0.1, -0.05) is 30.3 Å². The number of fused-ring (bicyclic) bond motifs is 1. The van der Waals surface area contributed by atoms with Crippen LogP contribution in [-0.2, 0) is 6.54 Å². The minimum Gasteiger partial charge on any atom is -0.321 e. The van der Waals surface area contributed by atoms with E-state index in [-0.39, 0.29) is 17.3 Å². The Labute approximate surface area is 153 Å². The molecule has 0 aliphatic rings. The summed E-state index contributed by atoms with van der Waals surface area (Å²) in [4.78, 5) is 31.8. The fourth-order valence-corrected chi connectivity index (χ4v) is 3.63. The van der Waals surface area contributed by atoms with Gasteiger partial charge in [-0.05, 0) is 30.7 Å². The van der Waals surface area contributed by atoms with Crippen LogP contribution in [0.25, 0.3) is 10.2 Å². The molecule has 4 rings (SSSR count). The molecule has 2 heterocycles. The predicted molar refractivity (Wildman–Crippen MR) is 103 cm³/mol. The molecule has 1 amide bonds. The Hall–Kier alpha value is -3.19. The van der Waals surface area contributed by atoms with E-state index < -0.39 is 0 Å². The zero-order valence-electron chi connectivity index (χ0n) is 14.0. The molecule has 2 N–H and O–H groups in total. The molecule has 2 aromatic heterocycles. The Morgan fingerprint density at radius 1 is 1.23 bits per heavy atom. The molecule has 0 atom stereocenters. The van der Waals surface area contributed by atoms with Gasteiger partial charge in [-0.25, -0.2) is 9.78 Å². The summed E-state index contributed by atoms with van der Waals surface area (Å²) in [6, 6.07) is 15.2. The lowest BCUT2D eigenvalue weighted by molar-refractivity contribution is 0.101. The van der Waals surface area contributed by atoms with Crippen LogP contribution < -0.4 is 11.0 Å². The van der Waals surface area contributed by atoms with E-state index in [9.17, 15) is 9.59 Å². The smallest absolute Gasteiger partial charge is 0.321 e. The van der Waals surface area contributed by atoms with Gasteiger partial charge >= 0.3 is 5.69 Å². The largest absolute Gasteiger partial charge is 0.326 e. The number of hydrogen-bond acceptors (Lipinski definition) is 4. The third kappa shape index (κ3) is 3.16. The molecule has 0 saturated carbocycles. The van der Waals surface area contributed by atoms with E-state index in [2.05, 4.69) is 15.3 Å². The number of anilines is 1. The number of thiazole rings is 1. The Morgan fingerprint density at radius 2 is 2.04 bits per heavy atom. The van der Waals surface area contributed by atoms with Gasteiger partial charge in [0, 0.05) is 11.9 Å². The topological polar surface area (TPSA) is 79.8 Å². The Balaban J connectivity index is 1.60. The lowest BCUT2D eigenvalue weighted by atomic mass is 10.2. The molecule has 26 heavy (non-hydrogen) atoms. The lowest BCUT2D eigenvalue weighted by Crippen LogP contribution is -2.24. The summed E-state index contributed by atoms with van der Waals surface area (Å²) in [5.74, 6) is -0.342. The van der Waals surface area contributed by atoms with Crippen molar-refractivity contribution in [3.8, 4) is 0 Å². The third-order valence-electron chi connectivity index (χ3n) is 4.04. The summed E-state index contributed by atoms with van der Waals surface area (Å²) in [6.07, 6.45) is 1.44. The van der Waals surface area contributed by atoms with Crippen LogP contribution in [0.4, 0.5) is 5.69 Å². The minimum absolute atomic E-state index is 0.286. The molecule has 2 aromatic carbocycles. The molecule has 0 aliphatic heterocycles. The average molecular weight is 364 g/mol. The second-order valence-corrected chi connectivity index (χ2v) is 7.16. The highest BCUT2D eigenvalue weighted by molar-refractivity contribution is 7.18. The second-order valence-electron chi connectivity index (χ2n) is 5.92. The number of benzene rings is 2. The maximum Gasteiger partial charge on any atom is 0.326 e. The van der Waals surface area contributed by atoms with E-state index in [0.717, 1.165) is 20.8 Å². The number of aryl methyl sites for hydroxylation is 1. The molecule has 0 bridgehead atoms. The number of hydrogen-bond donors (Lipinski definition) is 2. The van der Waals surface area contributed by atoms with Crippen molar-refractivity contribution < 1.29 is 4.79 Å². The fourth-order valence-electron chi connectivity index (χ4n) is 2.82. The number of H-pyrrole nitrogens is 1. The minimum atomic E-state index is -0.342. The number of carbonyl (C=O) groups is 1. The van der Waals surface area contributed by atoms with Crippen LogP contribution in [0.2, 0.25) is 0 Å². The second kappa shape index (κ2) is 6.61. The highest BCUT2D eigenvalue weighted by Gasteiger charge is 2.15. The SMILES string of the molecule is Cc1nc2cc(NC(=O)c3c[nH]c(=O)n3Cc3ccccc3)ccc2s1. The summed E-state index contributed by atoms with van der Waals surface area (Å²) in [5, 5.41) is 3.82. The molecular formula is C19H16N4O2S. The first-order valence-electron chi connectivity index (χ1n) is 8.11. The molecule has 0 spiro atoms. The van der Waals surface area contributed by atoms with E-state index in [1.807, 2.05) is 55.5 Å². The van der Waals surface area contributed by atoms with Crippen molar-refractivity contribution in [1.29, 1.82) is 0 Å². The van der Waals surface area contributed by atoms with Crippen molar-refractivity contribution in [2.45, 2.75) is 13.5 Å². The first-order valence-corrected chi connectivity index (χ1v) is 8.92. The quantitative estimate of drug-likeness (QED) is 0.582. The Bertz CT molecular complexity index is 1140. The maximum atomic E-state index is 12.7. The highest BCUT2D eigenvalue weighted by atomic mass is 32.1. The van der Waals surface area contributed by atoms with Crippen LogP contribution in [-0.4, -0.2) is 20.4 Å². The highest BCUT2D eigenvalue weighted by Crippen LogP contribution is 2.24. The molecule has 0 fully saturated rings. The van der Waals surface area contributed by atoms with Crippen LogP contribution in [0.3, 0.4) is 0 Å². The first kappa shape index (κ1) is 16.3. The number of aromatic amines is 1. The van der Waals surface area contributed by atoms with E-state index in [4.69, 9.17) is 0 Å². The third-order valence-corrected chi connectivity index (χ3v) is 4.99. The van der Waals surface area contributed by atoms with Crippen LogP contribution in [0.1, 0.15) is 21.1 Å². The van der Waals surface area contributed by atoms with Gasteiger partial charge in [0.25, 0.3) is 5.91 Å². The van der Waals surface area contributed by atoms with Gasteiger partial charge in [0.05, 0.1) is 21.8 Å². The Morgan fingerprint density at radius 3 is 2.85 bits per heavy atom. The van der Waals surface area contributed by atoms with Crippen molar-refractivity contribution in [2.24, 2.45) is 0 Å². The molecule has 4 aromatic rings. The van der Waals surface area contributed by atoms with E-state index in [1.54, 1.807) is 11.3 Å². The molecule has 0 unspecified atom stereocenters. The van der Waals surface area contributed by atoms with Crippen molar-refractivity contribution in [3.05, 3.63) is 81.5 Å². The number of imidazole rings is 1. The summed E-state index contributed by atoms with van der Waals surface area (Å²) in [7, 11) is 0. The first-order chi connectivity index (χ1) is 12.6. The van der Waals surface area contributed by atoms with Gasteiger partial charge in [-0.2, -0.15) is 0 Å². The van der Waals surface area contributed by atoms with E-state index in [0.29, 0.717) is 12.2 Å². The Kier molecular flexibility index (Phi) is 4.14. The fraction of sp³-hybridized carbons (Fsp3) is 0.105. The van der Waals surface area contributed by atoms with Gasteiger partial charge in [0.15, 0.2) is 0 Å². The summed E-state index contributed by atoms with van der Waals surface area (Å²) in [6.45, 7) is 2.28. The summed E-state index contributed by atoms with van der Waals surface area (Å²) >= 11 is 1.61. The molecule has 130 valence electrons. The van der Waals surface area contributed by atoms with E-state index >= 15 is 0 Å². The zero-order chi connectivity index (χ0) is 18.1. The van der Waals surface area contributed by atoms with Gasteiger partial charge in [-0.3, -0.25) is 9.36 Å². The van der Waals surface area contributed by atoms with Crippen molar-refractivity contribution in [2.75, 3.05) is 5.32 Å². The number of amides is 1. The molecule has 0 radical (unpaired) electrons. The molecular weight excluding hydrogens is 348 g/mol. The number of aromatic nitrogens is 3. The number of carbonyl (C=O) groups excluding carboxylic acids is 1. The van der Waals surface area contributed by atoms with Crippen molar-refractivity contribution in [3.63, 3.8) is 0 Å². The number of nitrogens with zero attached hydrogens (tertiary/aromatic N) is 2. The van der Waals surface area contributed by atoms with E-state index in [1.165, 1.54) is 10.8 Å². The number of rotatable bonds is 4. The average Bonchev–Trinajstić information content (AvgIpc) is 3.17. The number of nitrogens with one attached hydrogen (secondary N) is 2. The molecule has 7 heteroatoms. The summed E-state index contributed by atoms with van der Waals surface area (Å²) in [5.41, 5.74) is 2.41. The summed E-state index contributed by atoms with van der Waals surface area (Å²) < 4.78 is 2.50. The maximum absolute atomic E-state index is 12.7. The van der Waals surface area contributed by atoms with Gasteiger partial charge in [-0.15, -0.1) is 11.3 Å².